The fourth-order valence-corrected chi connectivity index (χ4v) is 3.74. The largest absolute Gasteiger partial charge is 0.536 e. The van der Waals surface area contributed by atoms with Gasteiger partial charge in [0.1, 0.15) is 0 Å². The standard InChI is InChI=1S/C11H18O6SSi/c1-14-19(15-2,16-3)11-6-4-10(5-7-11)8-9-17-18(12)13/h4-7,18H,8-9H2,1-3H3. The minimum Gasteiger partial charge on any atom is -0.373 e. The summed E-state index contributed by atoms with van der Waals surface area (Å²) in [5, 5.41) is 0.847. The van der Waals surface area contributed by atoms with Crippen LogP contribution in [-0.2, 0) is 34.9 Å². The Morgan fingerprint density at radius 2 is 1.53 bits per heavy atom. The molecule has 1 aromatic carbocycles. The van der Waals surface area contributed by atoms with Gasteiger partial charge in [-0.1, -0.05) is 24.3 Å². The predicted molar refractivity (Wildman–Crippen MR) is 72.8 cm³/mol. The van der Waals surface area contributed by atoms with Gasteiger partial charge in [-0.05, 0) is 12.0 Å². The summed E-state index contributed by atoms with van der Waals surface area (Å²) in [4.78, 5) is 0. The van der Waals surface area contributed by atoms with E-state index in [0.717, 1.165) is 10.8 Å². The Kier molecular flexibility index (Phi) is 6.62. The van der Waals surface area contributed by atoms with Crippen LogP contribution >= 0.6 is 0 Å². The first kappa shape index (κ1) is 16.3. The van der Waals surface area contributed by atoms with E-state index in [-0.39, 0.29) is 6.61 Å². The third-order valence-corrected chi connectivity index (χ3v) is 5.75. The maximum absolute atomic E-state index is 10.3. The molecule has 0 fully saturated rings. The van der Waals surface area contributed by atoms with Crippen molar-refractivity contribution in [3.05, 3.63) is 29.8 Å². The molecule has 0 amide bonds. The van der Waals surface area contributed by atoms with Crippen molar-refractivity contribution in [2.75, 3.05) is 27.9 Å². The van der Waals surface area contributed by atoms with E-state index in [4.69, 9.17) is 13.3 Å². The summed E-state index contributed by atoms with van der Waals surface area (Å²) in [6.45, 7) is 0.138. The Morgan fingerprint density at radius 1 is 1.00 bits per heavy atom. The van der Waals surface area contributed by atoms with Gasteiger partial charge in [0, 0.05) is 26.5 Å². The van der Waals surface area contributed by atoms with E-state index in [1.807, 2.05) is 24.3 Å². The molecule has 0 aliphatic rings. The molecule has 0 bridgehead atoms. The van der Waals surface area contributed by atoms with Crippen LogP contribution < -0.4 is 5.19 Å². The first-order valence-electron chi connectivity index (χ1n) is 5.60. The predicted octanol–water partition coefficient (Wildman–Crippen LogP) is -0.143. The van der Waals surface area contributed by atoms with E-state index in [1.165, 1.54) is 0 Å². The van der Waals surface area contributed by atoms with Gasteiger partial charge < -0.3 is 13.3 Å². The summed E-state index contributed by atoms with van der Waals surface area (Å²) in [6.07, 6.45) is 0.519. The maximum atomic E-state index is 10.3. The molecule has 6 nitrogen and oxygen atoms in total. The van der Waals surface area contributed by atoms with Crippen molar-refractivity contribution in [1.29, 1.82) is 0 Å². The van der Waals surface area contributed by atoms with Gasteiger partial charge in [-0.2, -0.15) is 0 Å². The average molecular weight is 306 g/mol. The second-order valence-corrected chi connectivity index (χ2v) is 7.29. The van der Waals surface area contributed by atoms with E-state index in [1.54, 1.807) is 21.3 Å². The van der Waals surface area contributed by atoms with Crippen molar-refractivity contribution >= 4 is 25.0 Å². The van der Waals surface area contributed by atoms with Crippen LogP contribution in [0.5, 0.6) is 0 Å². The summed E-state index contributed by atoms with van der Waals surface area (Å²) in [5.74, 6) is 0. The van der Waals surface area contributed by atoms with Gasteiger partial charge in [0.25, 0.3) is 11.0 Å². The first-order valence-corrected chi connectivity index (χ1v) is 8.42. The van der Waals surface area contributed by atoms with Gasteiger partial charge >= 0.3 is 8.80 Å². The minimum absolute atomic E-state index is 0.138. The van der Waals surface area contributed by atoms with Crippen molar-refractivity contribution in [2.45, 2.75) is 6.42 Å². The van der Waals surface area contributed by atoms with Crippen LogP contribution in [0.2, 0.25) is 0 Å². The van der Waals surface area contributed by atoms with Crippen molar-refractivity contribution in [1.82, 2.24) is 0 Å². The van der Waals surface area contributed by atoms with E-state index >= 15 is 0 Å². The smallest absolute Gasteiger partial charge is 0.373 e. The summed E-state index contributed by atoms with van der Waals surface area (Å²) in [7, 11) is -0.934. The summed E-state index contributed by atoms with van der Waals surface area (Å²) < 4.78 is 41.1. The van der Waals surface area contributed by atoms with Crippen molar-refractivity contribution in [3.8, 4) is 0 Å². The Bertz CT molecular complexity index is 438. The number of thiol groups is 1. The monoisotopic (exact) mass is 306 g/mol. The zero-order valence-electron chi connectivity index (χ0n) is 11.1. The fourth-order valence-electron chi connectivity index (χ4n) is 1.72. The minimum atomic E-state index is -2.79. The van der Waals surface area contributed by atoms with E-state index < -0.39 is 19.8 Å². The van der Waals surface area contributed by atoms with Crippen LogP contribution in [0.25, 0.3) is 0 Å². The molecule has 1 rings (SSSR count). The van der Waals surface area contributed by atoms with Crippen LogP contribution in [0, 0.1) is 0 Å². The van der Waals surface area contributed by atoms with E-state index in [2.05, 4.69) is 4.18 Å². The molecule has 0 saturated heterocycles. The van der Waals surface area contributed by atoms with Crippen LogP contribution in [-0.4, -0.2) is 45.2 Å². The second kappa shape index (κ2) is 7.73. The molecule has 0 unspecified atom stereocenters. The molecule has 0 radical (unpaired) electrons. The number of hydrogen-bond donors (Lipinski definition) is 1. The van der Waals surface area contributed by atoms with Gasteiger partial charge in [-0.25, -0.2) is 8.42 Å². The fraction of sp³-hybridized carbons (Fsp3) is 0.455. The third-order valence-electron chi connectivity index (χ3n) is 2.70. The highest BCUT2D eigenvalue weighted by molar-refractivity contribution is 7.67. The maximum Gasteiger partial charge on any atom is 0.536 e. The molecule has 8 heteroatoms. The first-order chi connectivity index (χ1) is 9.07. The average Bonchev–Trinajstić information content (AvgIpc) is 2.42. The highest BCUT2D eigenvalue weighted by atomic mass is 32.2. The molecular weight excluding hydrogens is 288 g/mol. The highest BCUT2D eigenvalue weighted by Crippen LogP contribution is 2.08. The Hall–Kier alpha value is -0.773. The quantitative estimate of drug-likeness (QED) is 0.532. The van der Waals surface area contributed by atoms with Gasteiger partial charge in [0.2, 0.25) is 0 Å². The normalized spacial score (nSPS) is 12.0. The molecule has 0 aliphatic carbocycles. The van der Waals surface area contributed by atoms with Crippen molar-refractivity contribution in [2.24, 2.45) is 0 Å². The zero-order chi connectivity index (χ0) is 14.3. The molecule has 108 valence electrons. The summed E-state index contributed by atoms with van der Waals surface area (Å²) in [5.41, 5.74) is 0.965. The molecule has 0 heterocycles. The lowest BCUT2D eigenvalue weighted by Crippen LogP contribution is -2.54. The second-order valence-electron chi connectivity index (χ2n) is 3.67. The number of rotatable bonds is 8. The molecule has 0 spiro atoms. The third kappa shape index (κ3) is 4.37. The van der Waals surface area contributed by atoms with E-state index in [9.17, 15) is 8.42 Å². The SMILES string of the molecule is CO[Si](OC)(OC)c1ccc(CCO[SH](=O)=O)cc1. The molecule has 0 N–H and O–H groups in total. The summed E-state index contributed by atoms with van der Waals surface area (Å²) >= 11 is 0. The van der Waals surface area contributed by atoms with Gasteiger partial charge in [-0.3, -0.25) is 4.18 Å². The summed E-state index contributed by atoms with van der Waals surface area (Å²) in [6, 6.07) is 7.45. The van der Waals surface area contributed by atoms with Crippen LogP contribution in [0.3, 0.4) is 0 Å². The molecule has 0 atom stereocenters. The van der Waals surface area contributed by atoms with Crippen LogP contribution in [0.1, 0.15) is 5.56 Å². The van der Waals surface area contributed by atoms with Gasteiger partial charge in [-0.15, -0.1) is 0 Å². The molecule has 19 heavy (non-hydrogen) atoms. The lowest BCUT2D eigenvalue weighted by Gasteiger charge is -2.24. The lowest BCUT2D eigenvalue weighted by molar-refractivity contribution is 0.140. The Labute approximate surface area is 115 Å². The number of benzene rings is 1. The van der Waals surface area contributed by atoms with Gasteiger partial charge in [0.15, 0.2) is 0 Å². The van der Waals surface area contributed by atoms with Crippen LogP contribution in [0.4, 0.5) is 0 Å². The molecule has 0 aromatic heterocycles. The van der Waals surface area contributed by atoms with Crippen LogP contribution in [0.15, 0.2) is 24.3 Å². The Morgan fingerprint density at radius 3 is 1.95 bits per heavy atom. The molecule has 0 aliphatic heterocycles. The van der Waals surface area contributed by atoms with Crippen molar-refractivity contribution < 1.29 is 25.9 Å². The zero-order valence-corrected chi connectivity index (χ0v) is 13.0. The topological polar surface area (TPSA) is 71.1 Å². The molecule has 0 saturated carbocycles. The van der Waals surface area contributed by atoms with E-state index in [0.29, 0.717) is 6.42 Å². The van der Waals surface area contributed by atoms with Gasteiger partial charge in [0.05, 0.1) is 6.61 Å². The lowest BCUT2D eigenvalue weighted by atomic mass is 10.2. The van der Waals surface area contributed by atoms with Crippen molar-refractivity contribution in [3.63, 3.8) is 0 Å². The number of hydrogen-bond acceptors (Lipinski definition) is 6. The Balaban J connectivity index is 2.75. The highest BCUT2D eigenvalue weighted by Gasteiger charge is 2.40. The molecule has 1 aromatic rings. The molecular formula is C11H18O6SSi.